The molecule has 0 aliphatic heterocycles. The van der Waals surface area contributed by atoms with Gasteiger partial charge in [-0.1, -0.05) is 12.2 Å². The Kier molecular flexibility index (Phi) is 4.95. The summed E-state index contributed by atoms with van der Waals surface area (Å²) < 4.78 is 6.87. The van der Waals surface area contributed by atoms with Crippen LogP contribution in [0.3, 0.4) is 0 Å². The summed E-state index contributed by atoms with van der Waals surface area (Å²) in [6, 6.07) is 0. The van der Waals surface area contributed by atoms with Crippen molar-refractivity contribution in [3.8, 4) is 0 Å². The SMILES string of the molecule is Cn1cc(C=CCCNC(=O)OC(C)(C)C)cn1. The van der Waals surface area contributed by atoms with Gasteiger partial charge in [0.25, 0.3) is 0 Å². The van der Waals surface area contributed by atoms with E-state index in [1.807, 2.05) is 46.2 Å². The predicted molar refractivity (Wildman–Crippen MR) is 71.1 cm³/mol. The van der Waals surface area contributed by atoms with Crippen LogP contribution in [-0.4, -0.2) is 28.0 Å². The summed E-state index contributed by atoms with van der Waals surface area (Å²) in [6.45, 7) is 6.09. The Morgan fingerprint density at radius 1 is 1.56 bits per heavy atom. The largest absolute Gasteiger partial charge is 0.444 e. The molecule has 5 heteroatoms. The van der Waals surface area contributed by atoms with Crippen LogP contribution in [-0.2, 0) is 11.8 Å². The number of amides is 1. The maximum Gasteiger partial charge on any atom is 0.407 e. The summed E-state index contributed by atoms with van der Waals surface area (Å²) in [4.78, 5) is 11.3. The predicted octanol–water partition coefficient (Wildman–Crippen LogP) is 2.35. The Morgan fingerprint density at radius 3 is 2.83 bits per heavy atom. The third-order valence-electron chi connectivity index (χ3n) is 2.01. The highest BCUT2D eigenvalue weighted by Gasteiger charge is 2.14. The number of hydrogen-bond donors (Lipinski definition) is 1. The van der Waals surface area contributed by atoms with E-state index >= 15 is 0 Å². The van der Waals surface area contributed by atoms with Crippen molar-refractivity contribution in [2.45, 2.75) is 32.8 Å². The van der Waals surface area contributed by atoms with Crippen molar-refractivity contribution in [1.82, 2.24) is 15.1 Å². The van der Waals surface area contributed by atoms with E-state index in [-0.39, 0.29) is 6.09 Å². The first-order valence-electron chi connectivity index (χ1n) is 5.99. The van der Waals surface area contributed by atoms with Crippen molar-refractivity contribution in [2.24, 2.45) is 7.05 Å². The van der Waals surface area contributed by atoms with Crippen molar-refractivity contribution in [1.29, 1.82) is 0 Å². The average Bonchev–Trinajstić information content (AvgIpc) is 2.61. The fourth-order valence-electron chi connectivity index (χ4n) is 1.32. The monoisotopic (exact) mass is 251 g/mol. The zero-order chi connectivity index (χ0) is 13.6. The molecule has 0 aliphatic carbocycles. The highest BCUT2D eigenvalue weighted by Crippen LogP contribution is 2.06. The van der Waals surface area contributed by atoms with Crippen molar-refractivity contribution in [3.63, 3.8) is 0 Å². The van der Waals surface area contributed by atoms with Crippen LogP contribution in [0, 0.1) is 0 Å². The summed E-state index contributed by atoms with van der Waals surface area (Å²) in [7, 11) is 1.88. The summed E-state index contributed by atoms with van der Waals surface area (Å²) in [5.41, 5.74) is 0.602. The lowest BCUT2D eigenvalue weighted by molar-refractivity contribution is 0.0529. The minimum Gasteiger partial charge on any atom is -0.444 e. The lowest BCUT2D eigenvalue weighted by Gasteiger charge is -2.19. The molecule has 1 rings (SSSR count). The molecule has 0 saturated heterocycles. The molecule has 1 aromatic rings. The first-order chi connectivity index (χ1) is 8.37. The van der Waals surface area contributed by atoms with Crippen LogP contribution in [0.1, 0.15) is 32.8 Å². The molecule has 100 valence electrons. The van der Waals surface area contributed by atoms with Gasteiger partial charge in [-0.05, 0) is 27.2 Å². The third-order valence-corrected chi connectivity index (χ3v) is 2.01. The summed E-state index contributed by atoms with van der Waals surface area (Å²) >= 11 is 0. The molecule has 0 atom stereocenters. The summed E-state index contributed by atoms with van der Waals surface area (Å²) in [5, 5.41) is 6.76. The number of rotatable bonds is 4. The Morgan fingerprint density at radius 2 is 2.28 bits per heavy atom. The van der Waals surface area contributed by atoms with Crippen LogP contribution >= 0.6 is 0 Å². The number of carbonyl (C=O) groups is 1. The maximum atomic E-state index is 11.3. The van der Waals surface area contributed by atoms with E-state index in [4.69, 9.17) is 4.74 Å². The fourth-order valence-corrected chi connectivity index (χ4v) is 1.32. The number of carbonyl (C=O) groups excluding carboxylic acids is 1. The van der Waals surface area contributed by atoms with Crippen molar-refractivity contribution in [3.05, 3.63) is 24.0 Å². The smallest absolute Gasteiger partial charge is 0.407 e. The van der Waals surface area contributed by atoms with Gasteiger partial charge in [0.2, 0.25) is 0 Å². The zero-order valence-corrected chi connectivity index (χ0v) is 11.4. The van der Waals surface area contributed by atoms with E-state index in [2.05, 4.69) is 10.4 Å². The third kappa shape index (κ3) is 6.08. The van der Waals surface area contributed by atoms with Crippen LogP contribution in [0.25, 0.3) is 6.08 Å². The van der Waals surface area contributed by atoms with Gasteiger partial charge >= 0.3 is 6.09 Å². The Bertz CT molecular complexity index is 416. The molecule has 5 nitrogen and oxygen atoms in total. The van der Waals surface area contributed by atoms with Gasteiger partial charge in [-0.25, -0.2) is 4.79 Å². The van der Waals surface area contributed by atoms with Gasteiger partial charge in [-0.15, -0.1) is 0 Å². The van der Waals surface area contributed by atoms with Gasteiger partial charge in [0.05, 0.1) is 6.20 Å². The molecule has 0 radical (unpaired) electrons. The summed E-state index contributed by atoms with van der Waals surface area (Å²) in [6.07, 6.45) is 8.07. The molecule has 0 bridgehead atoms. The second-order valence-electron chi connectivity index (χ2n) is 5.07. The van der Waals surface area contributed by atoms with Crippen LogP contribution < -0.4 is 5.32 Å². The molecule has 1 heterocycles. The molecule has 1 aromatic heterocycles. The second kappa shape index (κ2) is 6.23. The molecule has 0 aromatic carbocycles. The normalized spacial score (nSPS) is 11.8. The van der Waals surface area contributed by atoms with Crippen LogP contribution in [0.4, 0.5) is 4.79 Å². The Hall–Kier alpha value is -1.78. The molecule has 0 aliphatic rings. The molecule has 1 N–H and O–H groups in total. The number of nitrogens with zero attached hydrogens (tertiary/aromatic N) is 2. The molecule has 0 saturated carbocycles. The molecule has 0 fully saturated rings. The Labute approximate surface area is 108 Å². The van der Waals surface area contributed by atoms with E-state index in [1.54, 1.807) is 10.9 Å². The molecule has 1 amide bonds. The topological polar surface area (TPSA) is 56.2 Å². The number of nitrogens with one attached hydrogen (secondary N) is 1. The lowest BCUT2D eigenvalue weighted by atomic mass is 10.2. The van der Waals surface area contributed by atoms with Crippen molar-refractivity contribution < 1.29 is 9.53 Å². The zero-order valence-electron chi connectivity index (χ0n) is 11.4. The van der Waals surface area contributed by atoms with E-state index < -0.39 is 5.60 Å². The lowest BCUT2D eigenvalue weighted by Crippen LogP contribution is -2.32. The van der Waals surface area contributed by atoms with Gasteiger partial charge in [0.1, 0.15) is 5.60 Å². The Balaban J connectivity index is 2.19. The van der Waals surface area contributed by atoms with E-state index in [0.717, 1.165) is 12.0 Å². The minimum absolute atomic E-state index is 0.378. The van der Waals surface area contributed by atoms with Crippen molar-refractivity contribution in [2.75, 3.05) is 6.54 Å². The minimum atomic E-state index is -0.449. The maximum absolute atomic E-state index is 11.3. The quantitative estimate of drug-likeness (QED) is 0.836. The first-order valence-corrected chi connectivity index (χ1v) is 5.99. The molecule has 0 unspecified atom stereocenters. The summed E-state index contributed by atoms with van der Waals surface area (Å²) in [5.74, 6) is 0. The van der Waals surface area contributed by atoms with Crippen molar-refractivity contribution >= 4 is 12.2 Å². The number of hydrogen-bond acceptors (Lipinski definition) is 3. The average molecular weight is 251 g/mol. The molecule has 0 spiro atoms. The van der Waals surface area contributed by atoms with E-state index in [9.17, 15) is 4.79 Å². The number of ether oxygens (including phenoxy) is 1. The second-order valence-corrected chi connectivity index (χ2v) is 5.07. The van der Waals surface area contributed by atoms with E-state index in [1.165, 1.54) is 0 Å². The highest BCUT2D eigenvalue weighted by molar-refractivity contribution is 5.67. The standard InChI is InChI=1S/C13H21N3O2/c1-13(2,3)18-12(17)14-8-6-5-7-11-9-15-16(4)10-11/h5,7,9-10H,6,8H2,1-4H3,(H,14,17). The van der Waals surface area contributed by atoms with Gasteiger partial charge in [0.15, 0.2) is 0 Å². The number of alkyl carbamates (subject to hydrolysis) is 1. The molecular formula is C13H21N3O2. The molecule has 18 heavy (non-hydrogen) atoms. The van der Waals surface area contributed by atoms with Gasteiger partial charge in [-0.3, -0.25) is 4.68 Å². The van der Waals surface area contributed by atoms with Gasteiger partial charge in [-0.2, -0.15) is 5.10 Å². The highest BCUT2D eigenvalue weighted by atomic mass is 16.6. The van der Waals surface area contributed by atoms with Crippen LogP contribution in [0.2, 0.25) is 0 Å². The molecular weight excluding hydrogens is 230 g/mol. The van der Waals surface area contributed by atoms with Gasteiger partial charge in [0, 0.05) is 25.4 Å². The van der Waals surface area contributed by atoms with E-state index in [0.29, 0.717) is 6.54 Å². The number of aromatic nitrogens is 2. The fraction of sp³-hybridized carbons (Fsp3) is 0.538. The first kappa shape index (κ1) is 14.3. The van der Waals surface area contributed by atoms with Gasteiger partial charge < -0.3 is 10.1 Å². The van der Waals surface area contributed by atoms with Crippen LogP contribution in [0.5, 0.6) is 0 Å². The van der Waals surface area contributed by atoms with Crippen LogP contribution in [0.15, 0.2) is 18.5 Å². The number of aryl methyl sites for hydroxylation is 1.